The Morgan fingerprint density at radius 3 is 2.17 bits per heavy atom. The molecule has 2 aromatic carbocycles. The third-order valence-corrected chi connectivity index (χ3v) is 2.56. The van der Waals surface area contributed by atoms with E-state index in [2.05, 4.69) is 12.1 Å². The van der Waals surface area contributed by atoms with Gasteiger partial charge in [0.15, 0.2) is 6.61 Å². The van der Waals surface area contributed by atoms with E-state index in [1.54, 1.807) is 0 Å². The van der Waals surface area contributed by atoms with E-state index >= 15 is 0 Å². The second-order valence-corrected chi connectivity index (χ2v) is 4.06. The molecule has 18 heavy (non-hydrogen) atoms. The second kappa shape index (κ2) is 5.87. The van der Waals surface area contributed by atoms with Crippen LogP contribution in [0, 0.1) is 0 Å². The SMILES string of the molecule is NC(=O)COc1ccc(Cc2ccccc2)cc1. The molecule has 92 valence electrons. The molecule has 2 aromatic rings. The van der Waals surface area contributed by atoms with Crippen molar-refractivity contribution >= 4 is 5.91 Å². The molecule has 0 aliphatic carbocycles. The number of nitrogens with two attached hydrogens (primary N) is 1. The summed E-state index contributed by atoms with van der Waals surface area (Å²) in [5.74, 6) is 0.189. The number of carbonyl (C=O) groups is 1. The van der Waals surface area contributed by atoms with Crippen LogP contribution < -0.4 is 10.5 Å². The van der Waals surface area contributed by atoms with E-state index in [1.807, 2.05) is 42.5 Å². The first kappa shape index (κ1) is 12.2. The van der Waals surface area contributed by atoms with Gasteiger partial charge in [0.05, 0.1) is 0 Å². The molecular weight excluding hydrogens is 226 g/mol. The minimum atomic E-state index is -0.469. The summed E-state index contributed by atoms with van der Waals surface area (Å²) in [5, 5.41) is 0. The monoisotopic (exact) mass is 241 g/mol. The van der Waals surface area contributed by atoms with E-state index < -0.39 is 5.91 Å². The van der Waals surface area contributed by atoms with E-state index in [9.17, 15) is 4.79 Å². The molecule has 1 amide bonds. The predicted molar refractivity (Wildman–Crippen MR) is 70.4 cm³/mol. The smallest absolute Gasteiger partial charge is 0.255 e. The Bertz CT molecular complexity index is 506. The standard InChI is InChI=1S/C15H15NO2/c16-15(17)11-18-14-8-6-13(7-9-14)10-12-4-2-1-3-5-12/h1-9H,10-11H2,(H2,16,17). The highest BCUT2D eigenvalue weighted by atomic mass is 16.5. The summed E-state index contributed by atoms with van der Waals surface area (Å²) in [6.07, 6.45) is 0.886. The van der Waals surface area contributed by atoms with Crippen molar-refractivity contribution in [2.75, 3.05) is 6.61 Å². The number of amides is 1. The van der Waals surface area contributed by atoms with Crippen LogP contribution >= 0.6 is 0 Å². The Hall–Kier alpha value is -2.29. The summed E-state index contributed by atoms with van der Waals surface area (Å²) in [6, 6.07) is 17.9. The molecule has 0 unspecified atom stereocenters. The van der Waals surface area contributed by atoms with Crippen molar-refractivity contribution in [3.8, 4) is 5.75 Å². The number of hydrogen-bond acceptors (Lipinski definition) is 2. The lowest BCUT2D eigenvalue weighted by atomic mass is 10.1. The normalized spacial score (nSPS) is 10.0. The topological polar surface area (TPSA) is 52.3 Å². The first-order valence-electron chi connectivity index (χ1n) is 5.78. The Balaban J connectivity index is 1.97. The largest absolute Gasteiger partial charge is 0.484 e. The molecule has 3 heteroatoms. The number of carbonyl (C=O) groups excluding carboxylic acids is 1. The second-order valence-electron chi connectivity index (χ2n) is 4.06. The lowest BCUT2D eigenvalue weighted by Gasteiger charge is -2.05. The first-order valence-corrected chi connectivity index (χ1v) is 5.78. The minimum absolute atomic E-state index is 0.0853. The Morgan fingerprint density at radius 1 is 0.944 bits per heavy atom. The van der Waals surface area contributed by atoms with E-state index in [1.165, 1.54) is 11.1 Å². The molecule has 0 aliphatic heterocycles. The summed E-state index contributed by atoms with van der Waals surface area (Å²) in [5.41, 5.74) is 7.48. The Kier molecular flexibility index (Phi) is 3.97. The van der Waals surface area contributed by atoms with E-state index in [-0.39, 0.29) is 6.61 Å². The molecule has 3 nitrogen and oxygen atoms in total. The molecule has 0 heterocycles. The van der Waals surface area contributed by atoms with Gasteiger partial charge in [0.2, 0.25) is 0 Å². The highest BCUT2D eigenvalue weighted by molar-refractivity contribution is 5.75. The highest BCUT2D eigenvalue weighted by Crippen LogP contribution is 2.15. The summed E-state index contributed by atoms with van der Waals surface area (Å²) < 4.78 is 5.20. The molecule has 0 spiro atoms. The fourth-order valence-electron chi connectivity index (χ4n) is 1.69. The summed E-state index contributed by atoms with van der Waals surface area (Å²) in [7, 11) is 0. The maximum atomic E-state index is 10.6. The van der Waals surface area contributed by atoms with Gasteiger partial charge in [-0.05, 0) is 29.7 Å². The zero-order chi connectivity index (χ0) is 12.8. The van der Waals surface area contributed by atoms with Gasteiger partial charge in [0.25, 0.3) is 5.91 Å². The summed E-state index contributed by atoms with van der Waals surface area (Å²) in [6.45, 7) is -0.0853. The van der Waals surface area contributed by atoms with Crippen molar-refractivity contribution in [3.05, 3.63) is 65.7 Å². The summed E-state index contributed by atoms with van der Waals surface area (Å²) in [4.78, 5) is 10.6. The molecule has 0 atom stereocenters. The third kappa shape index (κ3) is 3.63. The maximum absolute atomic E-state index is 10.6. The van der Waals surface area contributed by atoms with Crippen molar-refractivity contribution in [2.24, 2.45) is 5.73 Å². The first-order chi connectivity index (χ1) is 8.74. The molecule has 2 rings (SSSR count). The van der Waals surface area contributed by atoms with Crippen LogP contribution in [0.3, 0.4) is 0 Å². The third-order valence-electron chi connectivity index (χ3n) is 2.56. The van der Waals surface area contributed by atoms with Gasteiger partial charge in [-0.3, -0.25) is 4.79 Å². The van der Waals surface area contributed by atoms with Gasteiger partial charge >= 0.3 is 0 Å². The van der Waals surface area contributed by atoms with Crippen LogP contribution in [0.4, 0.5) is 0 Å². The number of ether oxygens (including phenoxy) is 1. The quantitative estimate of drug-likeness (QED) is 0.872. The zero-order valence-corrected chi connectivity index (χ0v) is 10.0. The van der Waals surface area contributed by atoms with E-state index in [4.69, 9.17) is 10.5 Å². The molecular formula is C15H15NO2. The minimum Gasteiger partial charge on any atom is -0.484 e. The molecule has 0 aliphatic rings. The molecule has 0 aromatic heterocycles. The van der Waals surface area contributed by atoms with Crippen LogP contribution in [0.2, 0.25) is 0 Å². The van der Waals surface area contributed by atoms with Gasteiger partial charge < -0.3 is 10.5 Å². The summed E-state index contributed by atoms with van der Waals surface area (Å²) >= 11 is 0. The number of hydrogen-bond donors (Lipinski definition) is 1. The molecule has 2 N–H and O–H groups in total. The fourth-order valence-corrected chi connectivity index (χ4v) is 1.69. The van der Waals surface area contributed by atoms with Crippen molar-refractivity contribution in [1.82, 2.24) is 0 Å². The van der Waals surface area contributed by atoms with E-state index in [0.29, 0.717) is 5.75 Å². The van der Waals surface area contributed by atoms with Gasteiger partial charge in [0, 0.05) is 0 Å². The van der Waals surface area contributed by atoms with Crippen LogP contribution in [-0.4, -0.2) is 12.5 Å². The maximum Gasteiger partial charge on any atom is 0.255 e. The average molecular weight is 241 g/mol. The lowest BCUT2D eigenvalue weighted by Crippen LogP contribution is -2.19. The van der Waals surface area contributed by atoms with Gasteiger partial charge in [-0.25, -0.2) is 0 Å². The molecule has 0 radical (unpaired) electrons. The van der Waals surface area contributed by atoms with Gasteiger partial charge in [-0.2, -0.15) is 0 Å². The molecule has 0 saturated heterocycles. The van der Waals surface area contributed by atoms with Crippen molar-refractivity contribution in [1.29, 1.82) is 0 Å². The van der Waals surface area contributed by atoms with Crippen molar-refractivity contribution < 1.29 is 9.53 Å². The number of benzene rings is 2. The van der Waals surface area contributed by atoms with Crippen LogP contribution in [0.1, 0.15) is 11.1 Å². The van der Waals surface area contributed by atoms with Gasteiger partial charge in [-0.15, -0.1) is 0 Å². The van der Waals surface area contributed by atoms with E-state index in [0.717, 1.165) is 6.42 Å². The van der Waals surface area contributed by atoms with Crippen molar-refractivity contribution in [3.63, 3.8) is 0 Å². The zero-order valence-electron chi connectivity index (χ0n) is 10.0. The average Bonchev–Trinajstić information content (AvgIpc) is 2.39. The lowest BCUT2D eigenvalue weighted by molar-refractivity contribution is -0.119. The molecule has 0 fully saturated rings. The molecule has 0 bridgehead atoms. The van der Waals surface area contributed by atoms with Gasteiger partial charge in [0.1, 0.15) is 5.75 Å². The molecule has 0 saturated carbocycles. The van der Waals surface area contributed by atoms with Crippen LogP contribution in [0.5, 0.6) is 5.75 Å². The highest BCUT2D eigenvalue weighted by Gasteiger charge is 1.99. The van der Waals surface area contributed by atoms with Crippen molar-refractivity contribution in [2.45, 2.75) is 6.42 Å². The van der Waals surface area contributed by atoms with Gasteiger partial charge in [-0.1, -0.05) is 42.5 Å². The fraction of sp³-hybridized carbons (Fsp3) is 0.133. The predicted octanol–water partition coefficient (Wildman–Crippen LogP) is 2.14. The van der Waals surface area contributed by atoms with Crippen LogP contribution in [0.25, 0.3) is 0 Å². The van der Waals surface area contributed by atoms with Crippen LogP contribution in [-0.2, 0) is 11.2 Å². The van der Waals surface area contributed by atoms with Crippen LogP contribution in [0.15, 0.2) is 54.6 Å². The Labute approximate surface area is 106 Å². The number of rotatable bonds is 5. The Morgan fingerprint density at radius 2 is 1.56 bits per heavy atom. The number of primary amides is 1.